The number of hydrogen-bond acceptors (Lipinski definition) is 3. The van der Waals surface area contributed by atoms with E-state index in [1.54, 1.807) is 25.1 Å². The number of benzene rings is 1. The first kappa shape index (κ1) is 12.0. The van der Waals surface area contributed by atoms with Gasteiger partial charge >= 0.3 is 0 Å². The van der Waals surface area contributed by atoms with Crippen molar-refractivity contribution in [3.05, 3.63) is 45.8 Å². The fourth-order valence-electron chi connectivity index (χ4n) is 1.25. The lowest BCUT2D eigenvalue weighted by Crippen LogP contribution is -2.12. The summed E-state index contributed by atoms with van der Waals surface area (Å²) in [6.07, 6.45) is 0. The molecule has 17 heavy (non-hydrogen) atoms. The first-order valence-corrected chi connectivity index (χ1v) is 5.51. The SMILES string of the molecule is Cc1cc(C(=O)Nc2cc(Cl)ccc2Cl)no1. The molecule has 0 atom stereocenters. The van der Waals surface area contributed by atoms with E-state index in [9.17, 15) is 4.79 Å². The van der Waals surface area contributed by atoms with Gasteiger partial charge in [-0.2, -0.15) is 0 Å². The monoisotopic (exact) mass is 270 g/mol. The molecule has 0 aliphatic carbocycles. The second-order valence-corrected chi connectivity index (χ2v) is 4.24. The maximum absolute atomic E-state index is 11.8. The van der Waals surface area contributed by atoms with E-state index in [0.29, 0.717) is 21.5 Å². The van der Waals surface area contributed by atoms with Crippen molar-refractivity contribution in [2.45, 2.75) is 6.92 Å². The molecule has 0 saturated carbocycles. The van der Waals surface area contributed by atoms with Crippen LogP contribution in [0.15, 0.2) is 28.8 Å². The molecule has 2 rings (SSSR count). The quantitative estimate of drug-likeness (QED) is 0.908. The summed E-state index contributed by atoms with van der Waals surface area (Å²) in [7, 11) is 0. The average Bonchev–Trinajstić information content (AvgIpc) is 2.70. The Morgan fingerprint density at radius 3 is 2.76 bits per heavy atom. The van der Waals surface area contributed by atoms with E-state index in [0.717, 1.165) is 0 Å². The Morgan fingerprint density at radius 2 is 2.12 bits per heavy atom. The van der Waals surface area contributed by atoms with Crippen LogP contribution in [-0.4, -0.2) is 11.1 Å². The molecule has 4 nitrogen and oxygen atoms in total. The van der Waals surface area contributed by atoms with Crippen LogP contribution in [0.3, 0.4) is 0 Å². The molecule has 1 N–H and O–H groups in total. The Labute approximate surface area is 108 Å². The predicted molar refractivity (Wildman–Crippen MR) is 65.7 cm³/mol. The summed E-state index contributed by atoms with van der Waals surface area (Å²) in [5, 5.41) is 7.10. The third kappa shape index (κ3) is 2.78. The Hall–Kier alpha value is -1.52. The molecule has 0 spiro atoms. The lowest BCUT2D eigenvalue weighted by atomic mass is 10.3. The minimum absolute atomic E-state index is 0.193. The molecular weight excluding hydrogens is 263 g/mol. The number of carbonyl (C=O) groups is 1. The normalized spacial score (nSPS) is 10.3. The van der Waals surface area contributed by atoms with E-state index in [1.807, 2.05) is 0 Å². The lowest BCUT2D eigenvalue weighted by molar-refractivity contribution is 0.101. The van der Waals surface area contributed by atoms with Gasteiger partial charge in [-0.05, 0) is 25.1 Å². The molecule has 0 aliphatic heterocycles. The van der Waals surface area contributed by atoms with Crippen LogP contribution in [0.2, 0.25) is 10.0 Å². The van der Waals surface area contributed by atoms with Gasteiger partial charge in [-0.1, -0.05) is 28.4 Å². The second kappa shape index (κ2) is 4.77. The highest BCUT2D eigenvalue weighted by Crippen LogP contribution is 2.25. The van der Waals surface area contributed by atoms with Gasteiger partial charge in [0.2, 0.25) is 0 Å². The summed E-state index contributed by atoms with van der Waals surface area (Å²) in [5.41, 5.74) is 0.628. The summed E-state index contributed by atoms with van der Waals surface area (Å²) >= 11 is 11.7. The minimum Gasteiger partial charge on any atom is -0.361 e. The third-order valence-corrected chi connectivity index (χ3v) is 2.60. The van der Waals surface area contributed by atoms with Crippen LogP contribution in [0.4, 0.5) is 5.69 Å². The summed E-state index contributed by atoms with van der Waals surface area (Å²) in [5.74, 6) is 0.165. The van der Waals surface area contributed by atoms with E-state index in [-0.39, 0.29) is 5.69 Å². The maximum Gasteiger partial charge on any atom is 0.277 e. The molecule has 0 saturated heterocycles. The Morgan fingerprint density at radius 1 is 1.35 bits per heavy atom. The highest BCUT2D eigenvalue weighted by Gasteiger charge is 2.12. The maximum atomic E-state index is 11.8. The highest BCUT2D eigenvalue weighted by molar-refractivity contribution is 6.35. The third-order valence-electron chi connectivity index (χ3n) is 2.04. The zero-order valence-corrected chi connectivity index (χ0v) is 10.3. The van der Waals surface area contributed by atoms with E-state index in [4.69, 9.17) is 27.7 Å². The smallest absolute Gasteiger partial charge is 0.277 e. The fraction of sp³-hybridized carbons (Fsp3) is 0.0909. The summed E-state index contributed by atoms with van der Waals surface area (Å²) < 4.78 is 4.81. The zero-order chi connectivity index (χ0) is 12.4. The van der Waals surface area contributed by atoms with Gasteiger partial charge in [0.05, 0.1) is 10.7 Å². The van der Waals surface area contributed by atoms with Crippen LogP contribution in [0.1, 0.15) is 16.2 Å². The lowest BCUT2D eigenvalue weighted by Gasteiger charge is -2.05. The van der Waals surface area contributed by atoms with Crippen molar-refractivity contribution in [3.63, 3.8) is 0 Å². The standard InChI is InChI=1S/C11H8Cl2N2O2/c1-6-4-10(15-17-6)11(16)14-9-5-7(12)2-3-8(9)13/h2-5H,1H3,(H,14,16). The van der Waals surface area contributed by atoms with Gasteiger partial charge in [0, 0.05) is 11.1 Å². The van der Waals surface area contributed by atoms with Gasteiger partial charge in [0.1, 0.15) is 5.76 Å². The molecule has 0 fully saturated rings. The Balaban J connectivity index is 2.21. The van der Waals surface area contributed by atoms with Gasteiger partial charge in [-0.25, -0.2) is 0 Å². The Kier molecular flexibility index (Phi) is 3.36. The predicted octanol–water partition coefficient (Wildman–Crippen LogP) is 3.54. The number of amides is 1. The van der Waals surface area contributed by atoms with Gasteiger partial charge in [0.25, 0.3) is 5.91 Å². The van der Waals surface area contributed by atoms with Crippen LogP contribution < -0.4 is 5.32 Å². The number of anilines is 1. The van der Waals surface area contributed by atoms with Gasteiger partial charge in [-0.15, -0.1) is 0 Å². The van der Waals surface area contributed by atoms with Crippen molar-refractivity contribution < 1.29 is 9.32 Å². The van der Waals surface area contributed by atoms with Crippen LogP contribution in [0.25, 0.3) is 0 Å². The fourth-order valence-corrected chi connectivity index (χ4v) is 1.59. The molecule has 6 heteroatoms. The van der Waals surface area contributed by atoms with E-state index >= 15 is 0 Å². The van der Waals surface area contributed by atoms with Crippen LogP contribution in [0.5, 0.6) is 0 Å². The molecule has 2 aromatic rings. The average molecular weight is 271 g/mol. The minimum atomic E-state index is -0.397. The van der Waals surface area contributed by atoms with Crippen molar-refractivity contribution in [1.29, 1.82) is 0 Å². The van der Waals surface area contributed by atoms with Gasteiger partial charge in [-0.3, -0.25) is 4.79 Å². The molecular formula is C11H8Cl2N2O2. The molecule has 0 radical (unpaired) electrons. The molecule has 1 heterocycles. The number of rotatable bonds is 2. The van der Waals surface area contributed by atoms with Gasteiger partial charge in [0.15, 0.2) is 5.69 Å². The number of aromatic nitrogens is 1. The molecule has 0 aliphatic rings. The number of carbonyl (C=O) groups excluding carboxylic acids is 1. The van der Waals surface area contributed by atoms with Crippen LogP contribution in [0, 0.1) is 6.92 Å². The van der Waals surface area contributed by atoms with E-state index in [2.05, 4.69) is 10.5 Å². The highest BCUT2D eigenvalue weighted by atomic mass is 35.5. The van der Waals surface area contributed by atoms with Crippen molar-refractivity contribution >= 4 is 34.8 Å². The molecule has 1 aromatic heterocycles. The molecule has 88 valence electrons. The second-order valence-electron chi connectivity index (χ2n) is 3.40. The number of nitrogens with zero attached hydrogens (tertiary/aromatic N) is 1. The largest absolute Gasteiger partial charge is 0.361 e. The number of nitrogens with one attached hydrogen (secondary N) is 1. The van der Waals surface area contributed by atoms with Crippen molar-refractivity contribution in [2.75, 3.05) is 5.32 Å². The Bertz CT molecular complexity index is 566. The number of hydrogen-bond donors (Lipinski definition) is 1. The summed E-state index contributed by atoms with van der Waals surface area (Å²) in [6, 6.07) is 6.34. The number of halogens is 2. The molecule has 0 bridgehead atoms. The summed E-state index contributed by atoms with van der Waals surface area (Å²) in [6.45, 7) is 1.70. The van der Waals surface area contributed by atoms with Gasteiger partial charge < -0.3 is 9.84 Å². The molecule has 1 amide bonds. The topological polar surface area (TPSA) is 55.1 Å². The molecule has 1 aromatic carbocycles. The van der Waals surface area contributed by atoms with Crippen LogP contribution in [-0.2, 0) is 0 Å². The van der Waals surface area contributed by atoms with Crippen molar-refractivity contribution in [1.82, 2.24) is 5.16 Å². The molecule has 0 unspecified atom stereocenters. The van der Waals surface area contributed by atoms with Crippen LogP contribution >= 0.6 is 23.2 Å². The first-order valence-electron chi connectivity index (χ1n) is 4.76. The number of aryl methyl sites for hydroxylation is 1. The van der Waals surface area contributed by atoms with E-state index in [1.165, 1.54) is 6.07 Å². The zero-order valence-electron chi connectivity index (χ0n) is 8.83. The van der Waals surface area contributed by atoms with Crippen molar-refractivity contribution in [2.24, 2.45) is 0 Å². The summed E-state index contributed by atoms with van der Waals surface area (Å²) in [4.78, 5) is 11.8. The van der Waals surface area contributed by atoms with E-state index < -0.39 is 5.91 Å². The van der Waals surface area contributed by atoms with Crippen molar-refractivity contribution in [3.8, 4) is 0 Å². The first-order chi connectivity index (χ1) is 8.06.